The summed E-state index contributed by atoms with van der Waals surface area (Å²) in [4.78, 5) is 14.2. The molecule has 0 aliphatic carbocycles. The minimum absolute atomic E-state index is 0.0214. The average Bonchev–Trinajstić information content (AvgIpc) is 2.47. The lowest BCUT2D eigenvalue weighted by Gasteiger charge is -2.34. The standard InChI is InChI=1S/C13H16BrNO4/c1-18-10-2-3-12(16)11(6-10)13(17)15-4-5-19-8-9(15)7-14/h2-3,6,9,16H,4-5,7-8H2,1H3. The van der Waals surface area contributed by atoms with Crippen molar-refractivity contribution in [3.05, 3.63) is 23.8 Å². The molecule has 1 N–H and O–H groups in total. The zero-order valence-corrected chi connectivity index (χ0v) is 12.2. The molecule has 104 valence electrons. The van der Waals surface area contributed by atoms with Gasteiger partial charge in [0.05, 0.1) is 31.9 Å². The molecule has 0 radical (unpaired) electrons. The zero-order chi connectivity index (χ0) is 13.8. The van der Waals surface area contributed by atoms with Gasteiger partial charge in [0.15, 0.2) is 0 Å². The Morgan fingerprint density at radius 1 is 1.63 bits per heavy atom. The van der Waals surface area contributed by atoms with Crippen LogP contribution in [0.25, 0.3) is 0 Å². The van der Waals surface area contributed by atoms with Crippen molar-refractivity contribution in [1.82, 2.24) is 4.90 Å². The Labute approximate surface area is 120 Å². The number of methoxy groups -OCH3 is 1. The third kappa shape index (κ3) is 3.01. The lowest BCUT2D eigenvalue weighted by molar-refractivity contribution is 0.00508. The average molecular weight is 330 g/mol. The Morgan fingerprint density at radius 3 is 3.11 bits per heavy atom. The number of phenols is 1. The van der Waals surface area contributed by atoms with Crippen LogP contribution in [0.2, 0.25) is 0 Å². The number of halogens is 1. The maximum atomic E-state index is 12.5. The summed E-state index contributed by atoms with van der Waals surface area (Å²) in [6.45, 7) is 1.54. The van der Waals surface area contributed by atoms with Gasteiger partial charge in [0.25, 0.3) is 5.91 Å². The number of aromatic hydroxyl groups is 1. The van der Waals surface area contributed by atoms with Crippen LogP contribution in [-0.4, -0.2) is 54.2 Å². The smallest absolute Gasteiger partial charge is 0.258 e. The molecular formula is C13H16BrNO4. The number of benzene rings is 1. The maximum absolute atomic E-state index is 12.5. The number of hydrogen-bond donors (Lipinski definition) is 1. The first-order valence-corrected chi connectivity index (χ1v) is 7.11. The van der Waals surface area contributed by atoms with E-state index >= 15 is 0 Å². The molecule has 19 heavy (non-hydrogen) atoms. The number of alkyl halides is 1. The van der Waals surface area contributed by atoms with E-state index in [0.717, 1.165) is 0 Å². The summed E-state index contributed by atoms with van der Waals surface area (Å²) in [6, 6.07) is 4.62. The number of phenolic OH excluding ortho intramolecular Hbond substituents is 1. The molecule has 1 aliphatic heterocycles. The van der Waals surface area contributed by atoms with E-state index in [1.54, 1.807) is 17.0 Å². The van der Waals surface area contributed by atoms with Crippen LogP contribution in [-0.2, 0) is 4.74 Å². The van der Waals surface area contributed by atoms with Gasteiger partial charge in [-0.3, -0.25) is 4.79 Å². The molecule has 1 saturated heterocycles. The minimum Gasteiger partial charge on any atom is -0.507 e. The van der Waals surface area contributed by atoms with E-state index in [0.29, 0.717) is 30.8 Å². The van der Waals surface area contributed by atoms with Crippen LogP contribution in [0.3, 0.4) is 0 Å². The van der Waals surface area contributed by atoms with Gasteiger partial charge in [-0.25, -0.2) is 0 Å². The van der Waals surface area contributed by atoms with E-state index in [1.165, 1.54) is 13.2 Å². The van der Waals surface area contributed by atoms with E-state index < -0.39 is 0 Å². The Morgan fingerprint density at radius 2 is 2.42 bits per heavy atom. The highest BCUT2D eigenvalue weighted by molar-refractivity contribution is 9.09. The summed E-state index contributed by atoms with van der Waals surface area (Å²) in [6.07, 6.45) is 0. The molecule has 0 aromatic heterocycles. The molecule has 0 saturated carbocycles. The van der Waals surface area contributed by atoms with E-state index in [2.05, 4.69) is 15.9 Å². The maximum Gasteiger partial charge on any atom is 0.258 e. The first-order chi connectivity index (χ1) is 9.17. The Balaban J connectivity index is 2.27. The lowest BCUT2D eigenvalue weighted by Crippen LogP contribution is -2.49. The number of amides is 1. The second-order valence-corrected chi connectivity index (χ2v) is 4.91. The molecule has 0 spiro atoms. The molecule has 1 aromatic rings. The van der Waals surface area contributed by atoms with E-state index in [-0.39, 0.29) is 23.3 Å². The lowest BCUT2D eigenvalue weighted by atomic mass is 10.1. The van der Waals surface area contributed by atoms with Crippen LogP contribution >= 0.6 is 15.9 Å². The summed E-state index contributed by atoms with van der Waals surface area (Å²) in [5, 5.41) is 10.5. The second kappa shape index (κ2) is 6.25. The van der Waals surface area contributed by atoms with E-state index in [4.69, 9.17) is 9.47 Å². The van der Waals surface area contributed by atoms with Crippen molar-refractivity contribution in [3.8, 4) is 11.5 Å². The summed E-state index contributed by atoms with van der Waals surface area (Å²) < 4.78 is 10.4. The van der Waals surface area contributed by atoms with Crippen molar-refractivity contribution >= 4 is 21.8 Å². The summed E-state index contributed by atoms with van der Waals surface area (Å²) in [5.41, 5.74) is 0.257. The topological polar surface area (TPSA) is 59.0 Å². The van der Waals surface area contributed by atoms with Crippen molar-refractivity contribution in [2.24, 2.45) is 0 Å². The number of morpholine rings is 1. The zero-order valence-electron chi connectivity index (χ0n) is 10.6. The molecule has 1 amide bonds. The van der Waals surface area contributed by atoms with Gasteiger partial charge >= 0.3 is 0 Å². The summed E-state index contributed by atoms with van der Waals surface area (Å²) >= 11 is 3.38. The first kappa shape index (κ1) is 14.1. The van der Waals surface area contributed by atoms with Crippen molar-refractivity contribution in [2.45, 2.75) is 6.04 Å². The molecule has 1 unspecified atom stereocenters. The number of nitrogens with zero attached hydrogens (tertiary/aromatic N) is 1. The predicted molar refractivity (Wildman–Crippen MR) is 74.1 cm³/mol. The number of rotatable bonds is 3. The molecule has 1 heterocycles. The van der Waals surface area contributed by atoms with Gasteiger partial charge in [0.2, 0.25) is 0 Å². The second-order valence-electron chi connectivity index (χ2n) is 4.26. The molecule has 1 atom stereocenters. The third-order valence-corrected chi connectivity index (χ3v) is 3.85. The van der Waals surface area contributed by atoms with Crippen molar-refractivity contribution in [2.75, 3.05) is 32.2 Å². The van der Waals surface area contributed by atoms with Gasteiger partial charge in [-0.15, -0.1) is 0 Å². The van der Waals surface area contributed by atoms with E-state index in [1.807, 2.05) is 0 Å². The van der Waals surface area contributed by atoms with Gasteiger partial charge in [0.1, 0.15) is 11.5 Å². The van der Waals surface area contributed by atoms with E-state index in [9.17, 15) is 9.90 Å². The largest absolute Gasteiger partial charge is 0.507 e. The van der Waals surface area contributed by atoms with Crippen molar-refractivity contribution in [3.63, 3.8) is 0 Å². The van der Waals surface area contributed by atoms with Crippen LogP contribution < -0.4 is 4.74 Å². The van der Waals surface area contributed by atoms with Crippen LogP contribution in [0, 0.1) is 0 Å². The van der Waals surface area contributed by atoms with Crippen LogP contribution in [0.1, 0.15) is 10.4 Å². The van der Waals surface area contributed by atoms with Crippen LogP contribution in [0.15, 0.2) is 18.2 Å². The Kier molecular flexibility index (Phi) is 4.66. The molecule has 1 aliphatic rings. The monoisotopic (exact) mass is 329 g/mol. The number of hydrogen-bond acceptors (Lipinski definition) is 4. The fraction of sp³-hybridized carbons (Fsp3) is 0.462. The molecule has 1 fully saturated rings. The minimum atomic E-state index is -0.204. The predicted octanol–water partition coefficient (Wildman–Crippen LogP) is 1.64. The Hall–Kier alpha value is -1.27. The first-order valence-electron chi connectivity index (χ1n) is 5.99. The van der Waals surface area contributed by atoms with Gasteiger partial charge in [0, 0.05) is 11.9 Å². The van der Waals surface area contributed by atoms with Crippen molar-refractivity contribution in [1.29, 1.82) is 0 Å². The highest BCUT2D eigenvalue weighted by Crippen LogP contribution is 2.25. The number of ether oxygens (including phenoxy) is 2. The fourth-order valence-corrected chi connectivity index (χ4v) is 2.55. The van der Waals surface area contributed by atoms with Gasteiger partial charge < -0.3 is 19.5 Å². The highest BCUT2D eigenvalue weighted by Gasteiger charge is 2.28. The molecule has 2 rings (SSSR count). The molecule has 0 bridgehead atoms. The van der Waals surface area contributed by atoms with Gasteiger partial charge in [-0.1, -0.05) is 15.9 Å². The van der Waals surface area contributed by atoms with Gasteiger partial charge in [-0.05, 0) is 18.2 Å². The van der Waals surface area contributed by atoms with Crippen LogP contribution in [0.4, 0.5) is 0 Å². The Bertz CT molecular complexity index is 466. The van der Waals surface area contributed by atoms with Gasteiger partial charge in [-0.2, -0.15) is 0 Å². The molecule has 6 heteroatoms. The van der Waals surface area contributed by atoms with Crippen LogP contribution in [0.5, 0.6) is 11.5 Å². The van der Waals surface area contributed by atoms with Crippen molar-refractivity contribution < 1.29 is 19.4 Å². The summed E-state index contributed by atoms with van der Waals surface area (Å²) in [7, 11) is 1.52. The molecule has 1 aromatic carbocycles. The summed E-state index contributed by atoms with van der Waals surface area (Å²) in [5.74, 6) is 0.305. The quantitative estimate of drug-likeness (QED) is 0.856. The highest BCUT2D eigenvalue weighted by atomic mass is 79.9. The third-order valence-electron chi connectivity index (χ3n) is 3.10. The number of carbonyl (C=O) groups excluding carboxylic acids is 1. The molecular weight excluding hydrogens is 314 g/mol. The molecule has 5 nitrogen and oxygen atoms in total. The number of carbonyl (C=O) groups is 1. The fourth-order valence-electron chi connectivity index (χ4n) is 2.02. The SMILES string of the molecule is COc1ccc(O)c(C(=O)N2CCOCC2CBr)c1. The normalized spacial score (nSPS) is 19.3.